The first-order chi connectivity index (χ1) is 10.3. The Labute approximate surface area is 150 Å². The summed E-state index contributed by atoms with van der Waals surface area (Å²) in [5.74, 6) is -0.147. The summed E-state index contributed by atoms with van der Waals surface area (Å²) in [5, 5.41) is 3.42. The maximum Gasteiger partial charge on any atom is 0.123 e. The van der Waals surface area contributed by atoms with E-state index in [1.807, 2.05) is 6.07 Å². The molecule has 2 aliphatic heterocycles. The maximum absolute atomic E-state index is 13.5. The first-order valence-electron chi connectivity index (χ1n) is 7.83. The van der Waals surface area contributed by atoms with Crippen molar-refractivity contribution in [1.29, 1.82) is 0 Å². The fourth-order valence-electron chi connectivity index (χ4n) is 3.15. The summed E-state index contributed by atoms with van der Waals surface area (Å²) in [4.78, 5) is 4.93. The minimum absolute atomic E-state index is 0. The predicted octanol–water partition coefficient (Wildman–Crippen LogP) is 1.95. The van der Waals surface area contributed by atoms with Crippen LogP contribution in [0.3, 0.4) is 0 Å². The number of piperazine rings is 1. The molecule has 0 amide bonds. The zero-order valence-electron chi connectivity index (χ0n) is 13.2. The summed E-state index contributed by atoms with van der Waals surface area (Å²) < 4.78 is 18.9. The molecule has 132 valence electrons. The van der Waals surface area contributed by atoms with Gasteiger partial charge in [0, 0.05) is 51.9 Å². The Morgan fingerprint density at radius 2 is 1.91 bits per heavy atom. The van der Waals surface area contributed by atoms with Crippen molar-refractivity contribution in [2.45, 2.75) is 6.04 Å². The van der Waals surface area contributed by atoms with Gasteiger partial charge in [-0.25, -0.2) is 4.39 Å². The second-order valence-corrected chi connectivity index (χ2v) is 5.76. The number of benzene rings is 1. The van der Waals surface area contributed by atoms with Crippen LogP contribution in [-0.4, -0.2) is 68.8 Å². The standard InChI is InChI=1S/C16H24FN3O.2ClH/c17-15-3-1-2-14(12-15)16-13-18-4-5-20(16)7-6-19-8-10-21-11-9-19;;/h1-3,12,16,18H,4-11,13H2;2*1H. The average Bonchev–Trinajstić information content (AvgIpc) is 2.54. The first kappa shape index (κ1) is 20.6. The Morgan fingerprint density at radius 1 is 1.13 bits per heavy atom. The van der Waals surface area contributed by atoms with Crippen LogP contribution < -0.4 is 5.32 Å². The molecule has 0 spiro atoms. The quantitative estimate of drug-likeness (QED) is 0.882. The highest BCUT2D eigenvalue weighted by Gasteiger charge is 2.24. The highest BCUT2D eigenvalue weighted by Crippen LogP contribution is 2.22. The summed E-state index contributed by atoms with van der Waals surface area (Å²) in [5.41, 5.74) is 1.07. The van der Waals surface area contributed by atoms with Gasteiger partial charge in [-0.2, -0.15) is 0 Å². The second kappa shape index (κ2) is 10.4. The molecule has 1 aromatic carbocycles. The minimum Gasteiger partial charge on any atom is -0.379 e. The molecule has 2 heterocycles. The lowest BCUT2D eigenvalue weighted by molar-refractivity contribution is 0.0291. The number of nitrogens with one attached hydrogen (secondary N) is 1. The smallest absolute Gasteiger partial charge is 0.123 e. The summed E-state index contributed by atoms with van der Waals surface area (Å²) in [6.45, 7) is 8.75. The van der Waals surface area contributed by atoms with Gasteiger partial charge in [0.25, 0.3) is 0 Å². The molecule has 7 heteroatoms. The lowest BCUT2D eigenvalue weighted by Gasteiger charge is -2.38. The van der Waals surface area contributed by atoms with Crippen molar-refractivity contribution >= 4 is 24.8 Å². The maximum atomic E-state index is 13.5. The van der Waals surface area contributed by atoms with Gasteiger partial charge in [0.05, 0.1) is 13.2 Å². The lowest BCUT2D eigenvalue weighted by atomic mass is 10.0. The predicted molar refractivity (Wildman–Crippen MR) is 95.3 cm³/mol. The molecular weight excluding hydrogens is 340 g/mol. The Hall–Kier alpha value is -0.430. The summed E-state index contributed by atoms with van der Waals surface area (Å²) in [6.07, 6.45) is 0. The SMILES string of the molecule is Cl.Cl.Fc1cccc(C2CNCCN2CCN2CCOCC2)c1. The van der Waals surface area contributed by atoms with Crippen LogP contribution in [0, 0.1) is 5.82 Å². The number of halogens is 3. The van der Waals surface area contributed by atoms with Gasteiger partial charge in [-0.15, -0.1) is 24.8 Å². The van der Waals surface area contributed by atoms with E-state index in [1.54, 1.807) is 12.1 Å². The number of ether oxygens (including phenoxy) is 1. The minimum atomic E-state index is -0.147. The van der Waals surface area contributed by atoms with Gasteiger partial charge >= 0.3 is 0 Å². The molecule has 3 rings (SSSR count). The normalized spacial score (nSPS) is 22.9. The van der Waals surface area contributed by atoms with Crippen LogP contribution in [0.2, 0.25) is 0 Å². The lowest BCUT2D eigenvalue weighted by Crippen LogP contribution is -2.49. The van der Waals surface area contributed by atoms with Gasteiger partial charge in [-0.05, 0) is 17.7 Å². The molecule has 1 N–H and O–H groups in total. The molecule has 4 nitrogen and oxygen atoms in total. The average molecular weight is 366 g/mol. The zero-order valence-corrected chi connectivity index (χ0v) is 14.9. The topological polar surface area (TPSA) is 27.7 Å². The number of hydrogen-bond donors (Lipinski definition) is 1. The number of morpholine rings is 1. The number of rotatable bonds is 4. The Bertz CT molecular complexity index is 461. The van der Waals surface area contributed by atoms with Crippen LogP contribution in [0.1, 0.15) is 11.6 Å². The molecule has 1 aromatic rings. The molecular formula is C16H26Cl2FN3O. The van der Waals surface area contributed by atoms with E-state index in [1.165, 1.54) is 6.07 Å². The van der Waals surface area contributed by atoms with Gasteiger partial charge in [-0.3, -0.25) is 9.80 Å². The molecule has 23 heavy (non-hydrogen) atoms. The zero-order chi connectivity index (χ0) is 14.5. The van der Waals surface area contributed by atoms with Gasteiger partial charge in [0.2, 0.25) is 0 Å². The third kappa shape index (κ3) is 5.85. The molecule has 1 unspecified atom stereocenters. The van der Waals surface area contributed by atoms with E-state index < -0.39 is 0 Å². The largest absolute Gasteiger partial charge is 0.379 e. The van der Waals surface area contributed by atoms with Crippen molar-refractivity contribution in [1.82, 2.24) is 15.1 Å². The molecule has 1 atom stereocenters. The highest BCUT2D eigenvalue weighted by molar-refractivity contribution is 5.85. The van der Waals surface area contributed by atoms with E-state index in [0.29, 0.717) is 0 Å². The van der Waals surface area contributed by atoms with Gasteiger partial charge in [-0.1, -0.05) is 12.1 Å². The molecule has 0 bridgehead atoms. The van der Waals surface area contributed by atoms with E-state index in [-0.39, 0.29) is 36.7 Å². The molecule has 2 aliphatic rings. The van der Waals surface area contributed by atoms with E-state index >= 15 is 0 Å². The van der Waals surface area contributed by atoms with E-state index in [4.69, 9.17) is 4.74 Å². The van der Waals surface area contributed by atoms with Crippen LogP contribution in [0.25, 0.3) is 0 Å². The summed E-state index contributed by atoms with van der Waals surface area (Å²) >= 11 is 0. The van der Waals surface area contributed by atoms with Crippen molar-refractivity contribution in [3.63, 3.8) is 0 Å². The Morgan fingerprint density at radius 3 is 2.65 bits per heavy atom. The fraction of sp³-hybridized carbons (Fsp3) is 0.625. The summed E-state index contributed by atoms with van der Waals surface area (Å²) in [6, 6.07) is 7.29. The van der Waals surface area contributed by atoms with E-state index in [9.17, 15) is 4.39 Å². The molecule has 0 saturated carbocycles. The second-order valence-electron chi connectivity index (χ2n) is 5.76. The van der Waals surface area contributed by atoms with Crippen molar-refractivity contribution in [3.8, 4) is 0 Å². The molecule has 2 saturated heterocycles. The van der Waals surface area contributed by atoms with Crippen molar-refractivity contribution in [3.05, 3.63) is 35.6 Å². The molecule has 0 aromatic heterocycles. The van der Waals surface area contributed by atoms with Gasteiger partial charge < -0.3 is 10.1 Å². The van der Waals surface area contributed by atoms with Crippen LogP contribution in [-0.2, 0) is 4.74 Å². The highest BCUT2D eigenvalue weighted by atomic mass is 35.5. The first-order valence-corrected chi connectivity index (χ1v) is 7.83. The number of nitrogens with zero attached hydrogens (tertiary/aromatic N) is 2. The molecule has 0 aliphatic carbocycles. The summed E-state index contributed by atoms with van der Waals surface area (Å²) in [7, 11) is 0. The van der Waals surface area contributed by atoms with Crippen LogP contribution >= 0.6 is 24.8 Å². The van der Waals surface area contributed by atoms with Gasteiger partial charge in [0.15, 0.2) is 0 Å². The monoisotopic (exact) mass is 365 g/mol. The van der Waals surface area contributed by atoms with E-state index in [2.05, 4.69) is 15.1 Å². The van der Waals surface area contributed by atoms with Crippen molar-refractivity contribution < 1.29 is 9.13 Å². The van der Waals surface area contributed by atoms with Crippen molar-refractivity contribution in [2.75, 3.05) is 59.0 Å². The van der Waals surface area contributed by atoms with E-state index in [0.717, 1.165) is 64.6 Å². The van der Waals surface area contributed by atoms with Crippen molar-refractivity contribution in [2.24, 2.45) is 0 Å². The third-order valence-electron chi connectivity index (χ3n) is 4.39. The molecule has 2 fully saturated rings. The molecule has 0 radical (unpaired) electrons. The Balaban J connectivity index is 0.00000132. The Kier molecular flexibility index (Phi) is 9.36. The number of hydrogen-bond acceptors (Lipinski definition) is 4. The van der Waals surface area contributed by atoms with Gasteiger partial charge in [0.1, 0.15) is 5.82 Å². The van der Waals surface area contributed by atoms with Crippen LogP contribution in [0.4, 0.5) is 4.39 Å². The fourth-order valence-corrected chi connectivity index (χ4v) is 3.15. The van der Waals surface area contributed by atoms with Crippen LogP contribution in [0.5, 0.6) is 0 Å². The third-order valence-corrected chi connectivity index (χ3v) is 4.39. The van der Waals surface area contributed by atoms with Crippen LogP contribution in [0.15, 0.2) is 24.3 Å².